The van der Waals surface area contributed by atoms with E-state index in [0.717, 1.165) is 24.0 Å². The van der Waals surface area contributed by atoms with E-state index in [4.69, 9.17) is 15.2 Å². The summed E-state index contributed by atoms with van der Waals surface area (Å²) < 4.78 is 12.9. The van der Waals surface area contributed by atoms with Gasteiger partial charge in [0.05, 0.1) is 32.2 Å². The predicted molar refractivity (Wildman–Crippen MR) is 163 cm³/mol. The number of piperidine rings is 1. The molecule has 4 N–H and O–H groups in total. The third kappa shape index (κ3) is 8.65. The van der Waals surface area contributed by atoms with Gasteiger partial charge in [-0.05, 0) is 55.9 Å². The van der Waals surface area contributed by atoms with Gasteiger partial charge in [0.25, 0.3) is 5.91 Å². The fourth-order valence-electron chi connectivity index (χ4n) is 4.81. The lowest BCUT2D eigenvalue weighted by Gasteiger charge is -2.33. The molecular formula is C32H42N6O5. The molecule has 3 amide bonds. The van der Waals surface area contributed by atoms with Crippen molar-refractivity contribution in [3.8, 4) is 5.75 Å². The molecule has 11 heteroatoms. The number of ether oxygens (including phenoxy) is 2. The Morgan fingerprint density at radius 1 is 1.09 bits per heavy atom. The Bertz CT molecular complexity index is 1380. The Labute approximate surface area is 252 Å². The number of anilines is 1. The lowest BCUT2D eigenvalue weighted by atomic mass is 9.97. The summed E-state index contributed by atoms with van der Waals surface area (Å²) in [6.07, 6.45) is 5.03. The van der Waals surface area contributed by atoms with Crippen molar-refractivity contribution < 1.29 is 23.9 Å². The first-order valence-electron chi connectivity index (χ1n) is 14.5. The highest BCUT2D eigenvalue weighted by Gasteiger charge is 2.32. The molecule has 0 spiro atoms. The van der Waals surface area contributed by atoms with Gasteiger partial charge in [0.2, 0.25) is 11.8 Å². The zero-order chi connectivity index (χ0) is 31.0. The van der Waals surface area contributed by atoms with E-state index in [1.165, 1.54) is 6.33 Å². The van der Waals surface area contributed by atoms with Gasteiger partial charge in [0, 0.05) is 19.3 Å². The zero-order valence-electron chi connectivity index (χ0n) is 25.3. The molecule has 1 unspecified atom stereocenters. The molecule has 0 saturated carbocycles. The Hall–Kier alpha value is -4.22. The lowest BCUT2D eigenvalue weighted by Crippen LogP contribution is -2.56. The van der Waals surface area contributed by atoms with Gasteiger partial charge in [0.15, 0.2) is 5.82 Å². The van der Waals surface area contributed by atoms with Crippen LogP contribution in [0.5, 0.6) is 5.75 Å². The van der Waals surface area contributed by atoms with Crippen LogP contribution < -0.4 is 21.1 Å². The molecule has 1 aliphatic heterocycles. The van der Waals surface area contributed by atoms with E-state index in [9.17, 15) is 14.4 Å². The fraction of sp³-hybridized carbons (Fsp3) is 0.438. The summed E-state index contributed by atoms with van der Waals surface area (Å²) in [6, 6.07) is 15.2. The number of methoxy groups -OCH3 is 1. The molecule has 1 fully saturated rings. The van der Waals surface area contributed by atoms with Gasteiger partial charge in [-0.2, -0.15) is 0 Å². The Balaban J connectivity index is 1.53. The molecule has 1 aromatic heterocycles. The number of hydrogen-bond acceptors (Lipinski definition) is 7. The Kier molecular flexibility index (Phi) is 10.5. The second-order valence-electron chi connectivity index (χ2n) is 11.6. The van der Waals surface area contributed by atoms with Crippen LogP contribution in [0.3, 0.4) is 0 Å². The first-order chi connectivity index (χ1) is 20.5. The molecule has 11 nitrogen and oxygen atoms in total. The summed E-state index contributed by atoms with van der Waals surface area (Å²) in [4.78, 5) is 46.2. The zero-order valence-corrected chi connectivity index (χ0v) is 25.3. The maximum absolute atomic E-state index is 13.9. The van der Waals surface area contributed by atoms with E-state index in [1.54, 1.807) is 31.7 Å². The topological polar surface area (TPSA) is 141 Å². The minimum Gasteiger partial charge on any atom is -0.497 e. The van der Waals surface area contributed by atoms with Crippen molar-refractivity contribution in [3.05, 3.63) is 78.2 Å². The average molecular weight is 591 g/mol. The Morgan fingerprint density at radius 2 is 1.81 bits per heavy atom. The van der Waals surface area contributed by atoms with Crippen molar-refractivity contribution in [2.45, 2.75) is 57.8 Å². The van der Waals surface area contributed by atoms with E-state index in [1.807, 2.05) is 59.5 Å². The molecule has 4 rings (SSSR count). The molecule has 2 atom stereocenters. The molecule has 0 radical (unpaired) electrons. The summed E-state index contributed by atoms with van der Waals surface area (Å²) in [6.45, 7) is 6.86. The van der Waals surface area contributed by atoms with E-state index < -0.39 is 29.4 Å². The van der Waals surface area contributed by atoms with Gasteiger partial charge in [-0.25, -0.2) is 4.98 Å². The molecule has 230 valence electrons. The predicted octanol–water partition coefficient (Wildman–Crippen LogP) is 3.12. The van der Waals surface area contributed by atoms with Gasteiger partial charge >= 0.3 is 0 Å². The molecule has 2 aromatic carbocycles. The number of aromatic nitrogens is 2. The van der Waals surface area contributed by atoms with Crippen molar-refractivity contribution in [1.29, 1.82) is 0 Å². The number of hydrogen-bond donors (Lipinski definition) is 3. The maximum atomic E-state index is 13.9. The van der Waals surface area contributed by atoms with Crippen LogP contribution in [-0.4, -0.2) is 70.6 Å². The van der Waals surface area contributed by atoms with Crippen LogP contribution in [0.15, 0.2) is 67.1 Å². The molecular weight excluding hydrogens is 548 g/mol. The Morgan fingerprint density at radius 3 is 2.49 bits per heavy atom. The summed E-state index contributed by atoms with van der Waals surface area (Å²) in [5.41, 5.74) is 6.44. The number of nitrogens with two attached hydrogens (primary N) is 1. The van der Waals surface area contributed by atoms with Crippen LogP contribution in [0.1, 0.15) is 50.8 Å². The molecule has 0 aliphatic carbocycles. The number of carbonyl (C=O) groups excluding carboxylic acids is 3. The SMILES string of the molecule is COc1cccc(C(C(=O)N2CCC(C)CC2)n2cnc(NC(=O)[C@@H](COCc3ccccc3)NC(=O)C(C)(C)N)c2)c1. The number of carbonyl (C=O) groups is 3. The van der Waals surface area contributed by atoms with Gasteiger partial charge in [-0.1, -0.05) is 49.4 Å². The summed E-state index contributed by atoms with van der Waals surface area (Å²) >= 11 is 0. The number of likely N-dealkylation sites (tertiary alicyclic amines) is 1. The van der Waals surface area contributed by atoms with Crippen molar-refractivity contribution >= 4 is 23.5 Å². The molecule has 43 heavy (non-hydrogen) atoms. The van der Waals surface area contributed by atoms with E-state index in [-0.39, 0.29) is 24.9 Å². The highest BCUT2D eigenvalue weighted by Crippen LogP contribution is 2.28. The van der Waals surface area contributed by atoms with Gasteiger partial charge in [0.1, 0.15) is 17.8 Å². The van der Waals surface area contributed by atoms with Crippen LogP contribution in [0.25, 0.3) is 0 Å². The quantitative estimate of drug-likeness (QED) is 0.294. The molecule has 2 heterocycles. The van der Waals surface area contributed by atoms with E-state index in [0.29, 0.717) is 24.8 Å². The third-order valence-electron chi connectivity index (χ3n) is 7.49. The van der Waals surface area contributed by atoms with Crippen molar-refractivity contribution in [1.82, 2.24) is 19.8 Å². The van der Waals surface area contributed by atoms with E-state index >= 15 is 0 Å². The first-order valence-corrected chi connectivity index (χ1v) is 14.5. The van der Waals surface area contributed by atoms with Crippen molar-refractivity contribution in [2.75, 3.05) is 32.1 Å². The van der Waals surface area contributed by atoms with Crippen LogP contribution >= 0.6 is 0 Å². The van der Waals surface area contributed by atoms with E-state index in [2.05, 4.69) is 22.5 Å². The molecule has 0 bridgehead atoms. The highest BCUT2D eigenvalue weighted by atomic mass is 16.5. The normalized spacial score (nSPS) is 15.4. The van der Waals surface area contributed by atoms with Gasteiger partial charge in [-0.15, -0.1) is 0 Å². The monoisotopic (exact) mass is 590 g/mol. The lowest BCUT2D eigenvalue weighted by molar-refractivity contribution is -0.135. The molecule has 3 aromatic rings. The summed E-state index contributed by atoms with van der Waals surface area (Å²) in [5, 5.41) is 5.45. The highest BCUT2D eigenvalue weighted by molar-refractivity contribution is 5.98. The van der Waals surface area contributed by atoms with Crippen LogP contribution in [0, 0.1) is 5.92 Å². The molecule has 1 saturated heterocycles. The summed E-state index contributed by atoms with van der Waals surface area (Å²) in [7, 11) is 1.58. The van der Waals surface area contributed by atoms with Crippen LogP contribution in [0.4, 0.5) is 5.82 Å². The van der Waals surface area contributed by atoms with Crippen molar-refractivity contribution in [3.63, 3.8) is 0 Å². The number of imidazole rings is 1. The second kappa shape index (κ2) is 14.3. The van der Waals surface area contributed by atoms with Gasteiger partial charge < -0.3 is 35.3 Å². The minimum absolute atomic E-state index is 0.0555. The molecule has 1 aliphatic rings. The number of nitrogens with one attached hydrogen (secondary N) is 2. The standard InChI is InChI=1S/C32H42N6O5/c1-22-13-15-37(16-14-22)30(40)28(24-11-8-12-25(17-24)42-4)38-18-27(34-21-38)36-29(39)26(35-31(41)32(2,3)33)20-43-19-23-9-6-5-7-10-23/h5-12,17-18,21-22,26,28H,13-16,19-20,33H2,1-4H3,(H,35,41)(H,36,39)/t26-,28?/m1/s1. The van der Waals surface area contributed by atoms with Gasteiger partial charge in [-0.3, -0.25) is 14.4 Å². The number of amides is 3. The van der Waals surface area contributed by atoms with Crippen molar-refractivity contribution in [2.24, 2.45) is 11.7 Å². The smallest absolute Gasteiger partial charge is 0.250 e. The largest absolute Gasteiger partial charge is 0.497 e. The van der Waals surface area contributed by atoms with Crippen LogP contribution in [-0.2, 0) is 25.7 Å². The maximum Gasteiger partial charge on any atom is 0.250 e. The number of rotatable bonds is 12. The number of nitrogens with zero attached hydrogens (tertiary/aromatic N) is 3. The average Bonchev–Trinajstić information content (AvgIpc) is 3.44. The fourth-order valence-corrected chi connectivity index (χ4v) is 4.81. The first kappa shape index (κ1) is 31.7. The second-order valence-corrected chi connectivity index (χ2v) is 11.6. The van der Waals surface area contributed by atoms with Crippen LogP contribution in [0.2, 0.25) is 0 Å². The minimum atomic E-state index is -1.20. The summed E-state index contributed by atoms with van der Waals surface area (Å²) in [5.74, 6) is 0.357. The number of benzene rings is 2. The third-order valence-corrected chi connectivity index (χ3v) is 7.49.